The van der Waals surface area contributed by atoms with Crippen LogP contribution in [-0.4, -0.2) is 37.6 Å². The topological polar surface area (TPSA) is 108 Å². The zero-order valence-electron chi connectivity index (χ0n) is 14.9. The Morgan fingerprint density at radius 1 is 1.15 bits per heavy atom. The molecule has 3 rings (SSSR count). The fourth-order valence-corrected chi connectivity index (χ4v) is 3.47. The van der Waals surface area contributed by atoms with Crippen molar-refractivity contribution in [3.63, 3.8) is 0 Å². The summed E-state index contributed by atoms with van der Waals surface area (Å²) in [4.78, 5) is 18.3. The Kier molecular flexibility index (Phi) is 5.04. The molecular weight excluding hydrogens is 372 g/mol. The van der Waals surface area contributed by atoms with Crippen LogP contribution in [0.2, 0.25) is 0 Å². The third-order valence-electron chi connectivity index (χ3n) is 3.52. The Labute approximate surface area is 156 Å². The summed E-state index contributed by atoms with van der Waals surface area (Å²) in [5.41, 5.74) is 0.915. The number of benzene rings is 2. The number of carbonyl (C=O) groups excluding carboxylic acids is 1. The second-order valence-electron chi connectivity index (χ2n) is 5.91. The minimum absolute atomic E-state index is 0.0168. The highest BCUT2D eigenvalue weighted by atomic mass is 32.2. The van der Waals surface area contributed by atoms with E-state index in [-0.39, 0.29) is 28.3 Å². The number of hydrogen-bond acceptors (Lipinski definition) is 7. The van der Waals surface area contributed by atoms with Crippen LogP contribution in [0.1, 0.15) is 24.5 Å². The summed E-state index contributed by atoms with van der Waals surface area (Å²) in [5.74, 6) is -0.325. The van der Waals surface area contributed by atoms with Gasteiger partial charge in [0.05, 0.1) is 24.2 Å². The molecule has 1 heterocycles. The summed E-state index contributed by atoms with van der Waals surface area (Å²) in [7, 11) is -2.88. The monoisotopic (exact) mass is 390 g/mol. The Morgan fingerprint density at radius 3 is 2.59 bits per heavy atom. The number of esters is 1. The summed E-state index contributed by atoms with van der Waals surface area (Å²) < 4.78 is 40.8. The summed E-state index contributed by atoms with van der Waals surface area (Å²) in [5, 5.41) is 0. The third kappa shape index (κ3) is 4.03. The van der Waals surface area contributed by atoms with Crippen molar-refractivity contribution < 1.29 is 26.9 Å². The maximum atomic E-state index is 12.7. The highest BCUT2D eigenvalue weighted by Gasteiger charge is 2.23. The quantitative estimate of drug-likeness (QED) is 0.509. The number of aromatic amines is 1. The summed E-state index contributed by atoms with van der Waals surface area (Å²) in [6.07, 6.45) is -0.195. The SMILES string of the molecule is COC(=O)c1nc2ccc(OS(=O)(=O)c3ccccc3OC(C)C)cc2[nH]1. The Hall–Kier alpha value is -3.07. The molecule has 0 saturated heterocycles. The van der Waals surface area contributed by atoms with Gasteiger partial charge in [0.2, 0.25) is 5.82 Å². The molecule has 0 aliphatic rings. The van der Waals surface area contributed by atoms with Gasteiger partial charge in [0.1, 0.15) is 16.4 Å². The molecule has 0 amide bonds. The lowest BCUT2D eigenvalue weighted by atomic mass is 10.3. The highest BCUT2D eigenvalue weighted by molar-refractivity contribution is 7.87. The molecule has 0 aliphatic carbocycles. The van der Waals surface area contributed by atoms with Crippen LogP contribution in [-0.2, 0) is 14.9 Å². The molecule has 9 heteroatoms. The first-order chi connectivity index (χ1) is 12.8. The molecule has 1 N–H and O–H groups in total. The lowest BCUT2D eigenvalue weighted by Crippen LogP contribution is -2.14. The number of para-hydroxylation sites is 1. The maximum absolute atomic E-state index is 12.7. The second kappa shape index (κ2) is 7.28. The van der Waals surface area contributed by atoms with E-state index in [1.54, 1.807) is 38.1 Å². The van der Waals surface area contributed by atoms with Crippen molar-refractivity contribution in [3.8, 4) is 11.5 Å². The smallest absolute Gasteiger partial charge is 0.374 e. The minimum atomic E-state index is -4.12. The van der Waals surface area contributed by atoms with E-state index < -0.39 is 16.1 Å². The van der Waals surface area contributed by atoms with E-state index in [9.17, 15) is 13.2 Å². The normalized spacial score (nSPS) is 11.6. The van der Waals surface area contributed by atoms with Gasteiger partial charge in [-0.05, 0) is 38.1 Å². The van der Waals surface area contributed by atoms with Gasteiger partial charge in [-0.3, -0.25) is 0 Å². The molecule has 0 aliphatic heterocycles. The molecule has 2 aromatic carbocycles. The number of rotatable bonds is 6. The number of nitrogens with one attached hydrogen (secondary N) is 1. The molecule has 0 spiro atoms. The van der Waals surface area contributed by atoms with E-state index in [0.717, 1.165) is 0 Å². The number of nitrogens with zero attached hydrogens (tertiary/aromatic N) is 1. The third-order valence-corrected chi connectivity index (χ3v) is 4.81. The number of hydrogen-bond donors (Lipinski definition) is 1. The number of ether oxygens (including phenoxy) is 2. The van der Waals surface area contributed by atoms with E-state index in [1.165, 1.54) is 25.3 Å². The number of methoxy groups -OCH3 is 1. The zero-order chi connectivity index (χ0) is 19.6. The fourth-order valence-electron chi connectivity index (χ4n) is 2.41. The molecular formula is C18H18N2O6S. The van der Waals surface area contributed by atoms with Gasteiger partial charge >= 0.3 is 16.1 Å². The lowest BCUT2D eigenvalue weighted by Gasteiger charge is -2.14. The van der Waals surface area contributed by atoms with Crippen molar-refractivity contribution in [2.24, 2.45) is 0 Å². The van der Waals surface area contributed by atoms with Gasteiger partial charge in [-0.1, -0.05) is 12.1 Å². The van der Waals surface area contributed by atoms with Crippen LogP contribution in [0.4, 0.5) is 0 Å². The van der Waals surface area contributed by atoms with Crippen molar-refractivity contribution in [1.82, 2.24) is 9.97 Å². The molecule has 142 valence electrons. The first-order valence-electron chi connectivity index (χ1n) is 8.08. The molecule has 0 fully saturated rings. The highest BCUT2D eigenvalue weighted by Crippen LogP contribution is 2.28. The molecule has 0 atom stereocenters. The molecule has 3 aromatic rings. The number of aromatic nitrogens is 2. The van der Waals surface area contributed by atoms with Crippen LogP contribution >= 0.6 is 0 Å². The van der Waals surface area contributed by atoms with Crippen molar-refractivity contribution in [2.75, 3.05) is 7.11 Å². The van der Waals surface area contributed by atoms with Crippen molar-refractivity contribution in [3.05, 3.63) is 48.3 Å². The van der Waals surface area contributed by atoms with E-state index in [0.29, 0.717) is 11.0 Å². The standard InChI is InChI=1S/C18H18N2O6S/c1-11(2)25-15-6-4-5-7-16(15)27(22,23)26-12-8-9-13-14(10-12)20-17(19-13)18(21)24-3/h4-11H,1-3H3,(H,19,20). The first kappa shape index (κ1) is 18.7. The number of carbonyl (C=O) groups is 1. The lowest BCUT2D eigenvalue weighted by molar-refractivity contribution is 0.0588. The van der Waals surface area contributed by atoms with E-state index >= 15 is 0 Å². The van der Waals surface area contributed by atoms with Crippen LogP contribution in [0, 0.1) is 0 Å². The van der Waals surface area contributed by atoms with Crippen molar-refractivity contribution in [2.45, 2.75) is 24.8 Å². The van der Waals surface area contributed by atoms with Crippen molar-refractivity contribution in [1.29, 1.82) is 0 Å². The molecule has 0 unspecified atom stereocenters. The Morgan fingerprint density at radius 2 is 1.89 bits per heavy atom. The number of imidazole rings is 1. The summed E-state index contributed by atoms with van der Waals surface area (Å²) in [6.45, 7) is 3.60. The van der Waals surface area contributed by atoms with Gasteiger partial charge in [-0.25, -0.2) is 9.78 Å². The van der Waals surface area contributed by atoms with Gasteiger partial charge in [0, 0.05) is 6.07 Å². The van der Waals surface area contributed by atoms with E-state index in [4.69, 9.17) is 8.92 Å². The van der Waals surface area contributed by atoms with Gasteiger partial charge in [0.25, 0.3) is 0 Å². The average molecular weight is 390 g/mol. The number of fused-ring (bicyclic) bond motifs is 1. The minimum Gasteiger partial charge on any atom is -0.490 e. The van der Waals surface area contributed by atoms with Gasteiger partial charge in [-0.2, -0.15) is 8.42 Å². The molecule has 0 saturated carbocycles. The van der Waals surface area contributed by atoms with Crippen LogP contribution < -0.4 is 8.92 Å². The average Bonchev–Trinajstić information content (AvgIpc) is 3.04. The molecule has 0 radical (unpaired) electrons. The maximum Gasteiger partial charge on any atom is 0.374 e. The number of H-pyrrole nitrogens is 1. The fraction of sp³-hybridized carbons (Fsp3) is 0.222. The second-order valence-corrected chi connectivity index (χ2v) is 7.42. The predicted octanol–water partition coefficient (Wildman–Crippen LogP) is 2.90. The Bertz CT molecular complexity index is 1090. The van der Waals surface area contributed by atoms with Crippen LogP contribution in [0.5, 0.6) is 11.5 Å². The molecule has 8 nitrogen and oxygen atoms in total. The molecule has 1 aromatic heterocycles. The zero-order valence-corrected chi connectivity index (χ0v) is 15.7. The first-order valence-corrected chi connectivity index (χ1v) is 9.49. The van der Waals surface area contributed by atoms with Crippen LogP contribution in [0.3, 0.4) is 0 Å². The van der Waals surface area contributed by atoms with E-state index in [1.807, 2.05) is 0 Å². The molecule has 0 bridgehead atoms. The van der Waals surface area contributed by atoms with Crippen molar-refractivity contribution >= 4 is 27.1 Å². The Balaban J connectivity index is 1.93. The summed E-state index contributed by atoms with van der Waals surface area (Å²) in [6, 6.07) is 10.7. The van der Waals surface area contributed by atoms with Gasteiger partial charge in [-0.15, -0.1) is 0 Å². The largest absolute Gasteiger partial charge is 0.490 e. The van der Waals surface area contributed by atoms with E-state index in [2.05, 4.69) is 14.7 Å². The van der Waals surface area contributed by atoms with Gasteiger partial charge in [0.15, 0.2) is 0 Å². The summed E-state index contributed by atoms with van der Waals surface area (Å²) >= 11 is 0. The van der Waals surface area contributed by atoms with Crippen LogP contribution in [0.25, 0.3) is 11.0 Å². The van der Waals surface area contributed by atoms with Gasteiger partial charge < -0.3 is 18.6 Å². The predicted molar refractivity (Wildman–Crippen MR) is 97.5 cm³/mol. The molecule has 27 heavy (non-hydrogen) atoms. The van der Waals surface area contributed by atoms with Crippen LogP contribution in [0.15, 0.2) is 47.4 Å².